The van der Waals surface area contributed by atoms with E-state index in [9.17, 15) is 8.42 Å². The van der Waals surface area contributed by atoms with Crippen LogP contribution in [0.2, 0.25) is 0 Å². The van der Waals surface area contributed by atoms with Gasteiger partial charge in [-0.3, -0.25) is 4.68 Å². The number of anilines is 1. The van der Waals surface area contributed by atoms with Gasteiger partial charge in [0.15, 0.2) is 5.82 Å². The standard InChI is InChI=1S/C12H24N4O3S/c1-9(2)19-8-6-5-7-14-20(17,18)11-10(3)16(4)15-12(11)13/h9,14H,5-8H2,1-4H3,(H2,13,15). The molecule has 0 spiro atoms. The quantitative estimate of drug-likeness (QED) is 0.692. The maximum absolute atomic E-state index is 12.2. The molecule has 0 aliphatic carbocycles. The Morgan fingerprint density at radius 3 is 2.55 bits per heavy atom. The van der Waals surface area contributed by atoms with Gasteiger partial charge in [0.05, 0.1) is 11.8 Å². The number of nitrogens with two attached hydrogens (primary N) is 1. The van der Waals surface area contributed by atoms with Crippen molar-refractivity contribution in [3.8, 4) is 0 Å². The number of nitrogens with one attached hydrogen (secondary N) is 1. The highest BCUT2D eigenvalue weighted by Gasteiger charge is 2.23. The van der Waals surface area contributed by atoms with Crippen LogP contribution in [-0.4, -0.2) is 37.5 Å². The third kappa shape index (κ3) is 4.46. The smallest absolute Gasteiger partial charge is 0.246 e. The summed E-state index contributed by atoms with van der Waals surface area (Å²) in [7, 11) is -1.94. The lowest BCUT2D eigenvalue weighted by molar-refractivity contribution is 0.0762. The van der Waals surface area contributed by atoms with Crippen LogP contribution in [0.25, 0.3) is 0 Å². The number of aromatic nitrogens is 2. The number of nitrogen functional groups attached to an aromatic ring is 1. The molecule has 0 amide bonds. The molecule has 116 valence electrons. The van der Waals surface area contributed by atoms with Crippen molar-refractivity contribution in [1.82, 2.24) is 14.5 Å². The third-order valence-electron chi connectivity index (χ3n) is 2.89. The Bertz CT molecular complexity index is 537. The van der Waals surface area contributed by atoms with E-state index in [0.29, 0.717) is 25.3 Å². The van der Waals surface area contributed by atoms with Crippen LogP contribution in [0.1, 0.15) is 32.4 Å². The van der Waals surface area contributed by atoms with Crippen molar-refractivity contribution in [1.29, 1.82) is 0 Å². The molecule has 0 unspecified atom stereocenters. The minimum Gasteiger partial charge on any atom is -0.381 e. The molecule has 0 atom stereocenters. The SMILES string of the molecule is Cc1c(S(=O)(=O)NCCCCOC(C)C)c(N)nn1C. The number of nitrogens with zero attached hydrogens (tertiary/aromatic N) is 2. The molecule has 3 N–H and O–H groups in total. The largest absolute Gasteiger partial charge is 0.381 e. The number of sulfonamides is 1. The molecule has 0 saturated carbocycles. The van der Waals surface area contributed by atoms with Crippen molar-refractivity contribution < 1.29 is 13.2 Å². The number of hydrogen-bond donors (Lipinski definition) is 2. The number of ether oxygens (including phenoxy) is 1. The first-order valence-electron chi connectivity index (χ1n) is 6.66. The Morgan fingerprint density at radius 1 is 1.40 bits per heavy atom. The molecule has 0 saturated heterocycles. The van der Waals surface area contributed by atoms with E-state index < -0.39 is 10.0 Å². The average molecular weight is 304 g/mol. The molecule has 8 heteroatoms. The van der Waals surface area contributed by atoms with E-state index in [4.69, 9.17) is 10.5 Å². The van der Waals surface area contributed by atoms with E-state index >= 15 is 0 Å². The van der Waals surface area contributed by atoms with Crippen molar-refractivity contribution in [3.05, 3.63) is 5.69 Å². The zero-order chi connectivity index (χ0) is 15.3. The van der Waals surface area contributed by atoms with Gasteiger partial charge in [-0.1, -0.05) is 0 Å². The Hall–Kier alpha value is -1.12. The summed E-state index contributed by atoms with van der Waals surface area (Å²) < 4.78 is 33.7. The molecular weight excluding hydrogens is 280 g/mol. The Balaban J connectivity index is 2.50. The van der Waals surface area contributed by atoms with Gasteiger partial charge >= 0.3 is 0 Å². The lowest BCUT2D eigenvalue weighted by Crippen LogP contribution is -2.26. The summed E-state index contributed by atoms with van der Waals surface area (Å²) in [6.07, 6.45) is 1.72. The lowest BCUT2D eigenvalue weighted by Gasteiger charge is -2.08. The van der Waals surface area contributed by atoms with Crippen LogP contribution < -0.4 is 10.5 Å². The Morgan fingerprint density at radius 2 is 2.05 bits per heavy atom. The highest BCUT2D eigenvalue weighted by molar-refractivity contribution is 7.89. The Labute approximate surface area is 120 Å². The van der Waals surface area contributed by atoms with Gasteiger partial charge in [0.2, 0.25) is 10.0 Å². The fraction of sp³-hybridized carbons (Fsp3) is 0.750. The van der Waals surface area contributed by atoms with Gasteiger partial charge in [-0.15, -0.1) is 0 Å². The monoisotopic (exact) mass is 304 g/mol. The van der Waals surface area contributed by atoms with E-state index in [0.717, 1.165) is 6.42 Å². The van der Waals surface area contributed by atoms with E-state index in [1.165, 1.54) is 4.68 Å². The highest BCUT2D eigenvalue weighted by atomic mass is 32.2. The molecule has 0 bridgehead atoms. The molecule has 7 nitrogen and oxygen atoms in total. The highest BCUT2D eigenvalue weighted by Crippen LogP contribution is 2.20. The molecule has 0 radical (unpaired) electrons. The fourth-order valence-corrected chi connectivity index (χ4v) is 3.17. The van der Waals surface area contributed by atoms with Gasteiger partial charge in [0, 0.05) is 20.2 Å². The predicted octanol–water partition coefficient (Wildman–Crippen LogP) is 0.794. The zero-order valence-corrected chi connectivity index (χ0v) is 13.3. The van der Waals surface area contributed by atoms with E-state index in [1.807, 2.05) is 13.8 Å². The fourth-order valence-electron chi connectivity index (χ4n) is 1.77. The minimum atomic E-state index is -3.60. The van der Waals surface area contributed by atoms with Crippen molar-refractivity contribution in [2.45, 2.75) is 44.6 Å². The van der Waals surface area contributed by atoms with Gasteiger partial charge in [-0.05, 0) is 33.6 Å². The maximum atomic E-state index is 12.2. The summed E-state index contributed by atoms with van der Waals surface area (Å²) in [6, 6.07) is 0. The van der Waals surface area contributed by atoms with Crippen LogP contribution in [0.15, 0.2) is 4.90 Å². The average Bonchev–Trinajstić information content (AvgIpc) is 2.57. The number of aryl methyl sites for hydroxylation is 1. The number of hydrogen-bond acceptors (Lipinski definition) is 5. The number of unbranched alkanes of at least 4 members (excludes halogenated alkanes) is 1. The van der Waals surface area contributed by atoms with E-state index in [-0.39, 0.29) is 16.8 Å². The molecule has 0 aliphatic rings. The molecule has 1 rings (SSSR count). The van der Waals surface area contributed by atoms with Crippen LogP contribution in [0.3, 0.4) is 0 Å². The molecule has 1 aromatic rings. The summed E-state index contributed by atoms with van der Waals surface area (Å²) in [4.78, 5) is 0.0680. The predicted molar refractivity (Wildman–Crippen MR) is 77.9 cm³/mol. The van der Waals surface area contributed by atoms with Crippen molar-refractivity contribution in [2.75, 3.05) is 18.9 Å². The van der Waals surface area contributed by atoms with Crippen molar-refractivity contribution in [3.63, 3.8) is 0 Å². The van der Waals surface area contributed by atoms with E-state index in [1.54, 1.807) is 14.0 Å². The van der Waals surface area contributed by atoms with Crippen molar-refractivity contribution in [2.24, 2.45) is 7.05 Å². The summed E-state index contributed by atoms with van der Waals surface area (Å²) in [5.41, 5.74) is 6.17. The van der Waals surface area contributed by atoms with Crippen LogP contribution in [0, 0.1) is 6.92 Å². The normalized spacial score (nSPS) is 12.2. The topological polar surface area (TPSA) is 99.2 Å². The second kappa shape index (κ2) is 7.05. The zero-order valence-electron chi connectivity index (χ0n) is 12.5. The first-order valence-corrected chi connectivity index (χ1v) is 8.14. The molecule has 1 aromatic heterocycles. The maximum Gasteiger partial charge on any atom is 0.246 e. The van der Waals surface area contributed by atoms with Gasteiger partial charge in [-0.2, -0.15) is 5.10 Å². The molecule has 0 fully saturated rings. The van der Waals surface area contributed by atoms with Crippen LogP contribution >= 0.6 is 0 Å². The van der Waals surface area contributed by atoms with Crippen molar-refractivity contribution >= 4 is 15.8 Å². The molecule has 0 aliphatic heterocycles. The molecule has 20 heavy (non-hydrogen) atoms. The summed E-state index contributed by atoms with van der Waals surface area (Å²) in [5, 5.41) is 3.91. The summed E-state index contributed by atoms with van der Waals surface area (Å²) in [5.74, 6) is 0.0284. The molecule has 0 aromatic carbocycles. The van der Waals surface area contributed by atoms with Crippen LogP contribution in [0.4, 0.5) is 5.82 Å². The van der Waals surface area contributed by atoms with Gasteiger partial charge in [-0.25, -0.2) is 13.1 Å². The van der Waals surface area contributed by atoms with Gasteiger partial charge in [0.1, 0.15) is 4.90 Å². The second-order valence-corrected chi connectivity index (χ2v) is 6.65. The van der Waals surface area contributed by atoms with Crippen LogP contribution in [-0.2, 0) is 21.8 Å². The first-order chi connectivity index (χ1) is 9.25. The first kappa shape index (κ1) is 16.9. The van der Waals surface area contributed by atoms with Gasteiger partial charge < -0.3 is 10.5 Å². The minimum absolute atomic E-state index is 0.0284. The Kier molecular flexibility index (Phi) is 5.97. The van der Waals surface area contributed by atoms with E-state index in [2.05, 4.69) is 9.82 Å². The third-order valence-corrected chi connectivity index (χ3v) is 4.51. The molecular formula is C12H24N4O3S. The summed E-state index contributed by atoms with van der Waals surface area (Å²) >= 11 is 0. The molecule has 1 heterocycles. The second-order valence-electron chi connectivity index (χ2n) is 4.95. The van der Waals surface area contributed by atoms with Crippen LogP contribution in [0.5, 0.6) is 0 Å². The lowest BCUT2D eigenvalue weighted by atomic mass is 10.3. The van der Waals surface area contributed by atoms with Gasteiger partial charge in [0.25, 0.3) is 0 Å². The number of rotatable bonds is 8. The summed E-state index contributed by atoms with van der Waals surface area (Å²) in [6.45, 7) is 6.60.